The van der Waals surface area contributed by atoms with E-state index in [2.05, 4.69) is 15.3 Å². The zero-order valence-electron chi connectivity index (χ0n) is 11.5. The van der Waals surface area contributed by atoms with Gasteiger partial charge in [0.05, 0.1) is 5.69 Å². The quantitative estimate of drug-likeness (QED) is 0.674. The molecule has 0 atom stereocenters. The third-order valence-corrected chi connectivity index (χ3v) is 4.57. The molecule has 104 valence electrons. The Morgan fingerprint density at radius 3 is 2.90 bits per heavy atom. The number of thioether (sulfide) groups is 1. The summed E-state index contributed by atoms with van der Waals surface area (Å²) in [6.07, 6.45) is 5.26. The van der Waals surface area contributed by atoms with Gasteiger partial charge in [-0.25, -0.2) is 9.97 Å². The van der Waals surface area contributed by atoms with E-state index in [1.165, 1.54) is 11.3 Å². The zero-order chi connectivity index (χ0) is 14.1. The number of fused-ring (bicyclic) bond motifs is 1. The molecule has 20 heavy (non-hydrogen) atoms. The molecule has 2 aromatic rings. The Morgan fingerprint density at radius 1 is 1.25 bits per heavy atom. The molecule has 0 saturated heterocycles. The molecule has 0 radical (unpaired) electrons. The largest absolute Gasteiger partial charge is 0.340 e. The summed E-state index contributed by atoms with van der Waals surface area (Å²) < 4.78 is 0. The van der Waals surface area contributed by atoms with Gasteiger partial charge in [0.2, 0.25) is 0 Å². The third-order valence-electron chi connectivity index (χ3n) is 3.62. The van der Waals surface area contributed by atoms with Gasteiger partial charge in [0, 0.05) is 16.3 Å². The minimum Gasteiger partial charge on any atom is -0.340 e. The molecule has 1 aliphatic rings. The normalized spacial score (nSPS) is 13.3. The van der Waals surface area contributed by atoms with Crippen LogP contribution in [0, 0.1) is 6.92 Å². The summed E-state index contributed by atoms with van der Waals surface area (Å²) >= 11 is 7.76. The molecular formula is C15H16ClN3S. The number of benzene rings is 1. The Hall–Kier alpha value is -1.26. The lowest BCUT2D eigenvalue weighted by molar-refractivity contribution is 0.879. The number of rotatable bonds is 3. The van der Waals surface area contributed by atoms with Crippen LogP contribution >= 0.6 is 23.4 Å². The summed E-state index contributed by atoms with van der Waals surface area (Å²) in [5, 5.41) is 5.04. The Balaban J connectivity index is 2.02. The molecule has 1 aliphatic carbocycles. The van der Waals surface area contributed by atoms with Gasteiger partial charge in [0.15, 0.2) is 5.16 Å². The van der Waals surface area contributed by atoms with Crippen LogP contribution in [0.5, 0.6) is 0 Å². The zero-order valence-corrected chi connectivity index (χ0v) is 13.1. The molecule has 1 N–H and O–H groups in total. The van der Waals surface area contributed by atoms with E-state index in [9.17, 15) is 0 Å². The maximum Gasteiger partial charge on any atom is 0.189 e. The Labute approximate surface area is 128 Å². The van der Waals surface area contributed by atoms with E-state index >= 15 is 0 Å². The highest BCUT2D eigenvalue weighted by Gasteiger charge is 2.19. The minimum absolute atomic E-state index is 0.769. The van der Waals surface area contributed by atoms with Crippen LogP contribution in [-0.2, 0) is 12.8 Å². The topological polar surface area (TPSA) is 37.8 Å². The van der Waals surface area contributed by atoms with Crippen LogP contribution in [0.3, 0.4) is 0 Å². The van der Waals surface area contributed by atoms with Gasteiger partial charge >= 0.3 is 0 Å². The van der Waals surface area contributed by atoms with Crippen LogP contribution in [0.4, 0.5) is 11.5 Å². The second-order valence-electron chi connectivity index (χ2n) is 4.88. The molecule has 0 aliphatic heterocycles. The predicted octanol–water partition coefficient (Wildman–Crippen LogP) is 4.39. The predicted molar refractivity (Wildman–Crippen MR) is 85.3 cm³/mol. The number of nitrogens with zero attached hydrogens (tertiary/aromatic N) is 2. The van der Waals surface area contributed by atoms with Crippen LogP contribution < -0.4 is 5.32 Å². The third kappa shape index (κ3) is 2.50. The van der Waals surface area contributed by atoms with E-state index < -0.39 is 0 Å². The first kappa shape index (κ1) is 13.7. The van der Waals surface area contributed by atoms with Crippen molar-refractivity contribution in [3.05, 3.63) is 40.0 Å². The maximum atomic E-state index is 6.18. The highest BCUT2D eigenvalue weighted by molar-refractivity contribution is 7.98. The van der Waals surface area contributed by atoms with Gasteiger partial charge in [0.25, 0.3) is 0 Å². The average Bonchev–Trinajstić information content (AvgIpc) is 2.92. The molecule has 1 aromatic carbocycles. The molecule has 3 rings (SSSR count). The minimum atomic E-state index is 0.769. The van der Waals surface area contributed by atoms with Gasteiger partial charge in [-0.3, -0.25) is 0 Å². The number of hydrogen-bond donors (Lipinski definition) is 1. The van der Waals surface area contributed by atoms with E-state index in [0.29, 0.717) is 0 Å². The lowest BCUT2D eigenvalue weighted by Gasteiger charge is -2.13. The van der Waals surface area contributed by atoms with Crippen molar-refractivity contribution in [1.82, 2.24) is 9.97 Å². The average molecular weight is 306 g/mol. The highest BCUT2D eigenvalue weighted by Crippen LogP contribution is 2.32. The SMILES string of the molecule is CSc1nc2c(c(Nc3cccc(Cl)c3C)n1)CCC2. The van der Waals surface area contributed by atoms with E-state index in [-0.39, 0.29) is 0 Å². The summed E-state index contributed by atoms with van der Waals surface area (Å²) in [5.41, 5.74) is 4.50. The second-order valence-corrected chi connectivity index (χ2v) is 6.06. The molecule has 0 saturated carbocycles. The second kappa shape index (κ2) is 5.62. The summed E-state index contributed by atoms with van der Waals surface area (Å²) in [7, 11) is 0. The summed E-state index contributed by atoms with van der Waals surface area (Å²) in [6.45, 7) is 2.02. The fourth-order valence-corrected chi connectivity index (χ4v) is 3.03. The summed E-state index contributed by atoms with van der Waals surface area (Å²) in [4.78, 5) is 9.23. The first-order valence-corrected chi connectivity index (χ1v) is 8.25. The number of hydrogen-bond acceptors (Lipinski definition) is 4. The Bertz CT molecular complexity index is 658. The number of nitrogens with one attached hydrogen (secondary N) is 1. The van der Waals surface area contributed by atoms with E-state index in [0.717, 1.165) is 46.5 Å². The Kier molecular flexibility index (Phi) is 3.85. The fourth-order valence-electron chi connectivity index (χ4n) is 2.47. The van der Waals surface area contributed by atoms with Crippen molar-refractivity contribution in [2.24, 2.45) is 0 Å². The van der Waals surface area contributed by atoms with Crippen molar-refractivity contribution in [2.45, 2.75) is 31.3 Å². The van der Waals surface area contributed by atoms with Crippen LogP contribution in [0.15, 0.2) is 23.4 Å². The van der Waals surface area contributed by atoms with Crippen molar-refractivity contribution in [3.63, 3.8) is 0 Å². The molecular weight excluding hydrogens is 290 g/mol. The van der Waals surface area contributed by atoms with Crippen molar-refractivity contribution in [2.75, 3.05) is 11.6 Å². The molecule has 3 nitrogen and oxygen atoms in total. The molecule has 0 bridgehead atoms. The molecule has 1 aromatic heterocycles. The van der Waals surface area contributed by atoms with Gasteiger partial charge in [-0.2, -0.15) is 0 Å². The van der Waals surface area contributed by atoms with Crippen LogP contribution in [0.2, 0.25) is 5.02 Å². The monoisotopic (exact) mass is 305 g/mol. The Morgan fingerprint density at radius 2 is 2.10 bits per heavy atom. The van der Waals surface area contributed by atoms with Gasteiger partial charge in [-0.15, -0.1) is 0 Å². The first-order chi connectivity index (χ1) is 9.69. The fraction of sp³-hybridized carbons (Fsp3) is 0.333. The van der Waals surface area contributed by atoms with Crippen LogP contribution in [0.1, 0.15) is 23.2 Å². The van der Waals surface area contributed by atoms with Crippen molar-refractivity contribution >= 4 is 34.9 Å². The number of halogens is 1. The maximum absolute atomic E-state index is 6.18. The molecule has 0 unspecified atom stereocenters. The van der Waals surface area contributed by atoms with Crippen LogP contribution in [-0.4, -0.2) is 16.2 Å². The number of aromatic nitrogens is 2. The number of anilines is 2. The molecule has 5 heteroatoms. The first-order valence-electron chi connectivity index (χ1n) is 6.65. The number of aryl methyl sites for hydroxylation is 1. The summed E-state index contributed by atoms with van der Waals surface area (Å²) in [5.74, 6) is 0.933. The van der Waals surface area contributed by atoms with Gasteiger partial charge < -0.3 is 5.32 Å². The van der Waals surface area contributed by atoms with E-state index in [1.807, 2.05) is 31.4 Å². The molecule has 1 heterocycles. The van der Waals surface area contributed by atoms with Crippen molar-refractivity contribution in [3.8, 4) is 0 Å². The van der Waals surface area contributed by atoms with Gasteiger partial charge in [0.1, 0.15) is 5.82 Å². The standard InChI is InChI=1S/C15H16ClN3S/c1-9-11(16)6-4-7-12(9)17-14-10-5-3-8-13(10)18-15(19-14)20-2/h4,6-7H,3,5,8H2,1-2H3,(H,17,18,19). The van der Waals surface area contributed by atoms with Crippen LogP contribution in [0.25, 0.3) is 0 Å². The van der Waals surface area contributed by atoms with Gasteiger partial charge in [-0.1, -0.05) is 29.4 Å². The smallest absolute Gasteiger partial charge is 0.189 e. The van der Waals surface area contributed by atoms with Crippen molar-refractivity contribution in [1.29, 1.82) is 0 Å². The van der Waals surface area contributed by atoms with Crippen molar-refractivity contribution < 1.29 is 0 Å². The molecule has 0 amide bonds. The molecule has 0 spiro atoms. The lowest BCUT2D eigenvalue weighted by atomic mass is 10.2. The summed E-state index contributed by atoms with van der Waals surface area (Å²) in [6, 6.07) is 5.89. The molecule has 0 fully saturated rings. The lowest BCUT2D eigenvalue weighted by Crippen LogP contribution is -2.04. The van der Waals surface area contributed by atoms with E-state index in [1.54, 1.807) is 11.8 Å². The van der Waals surface area contributed by atoms with E-state index in [4.69, 9.17) is 11.6 Å². The highest BCUT2D eigenvalue weighted by atomic mass is 35.5. The van der Waals surface area contributed by atoms with Gasteiger partial charge in [-0.05, 0) is 50.1 Å².